The van der Waals surface area contributed by atoms with E-state index in [0.29, 0.717) is 11.7 Å². The van der Waals surface area contributed by atoms with Gasteiger partial charge in [-0.25, -0.2) is 0 Å². The maximum absolute atomic E-state index is 9.70. The van der Waals surface area contributed by atoms with Crippen molar-refractivity contribution in [1.82, 2.24) is 0 Å². The second-order valence-electron chi connectivity index (χ2n) is 3.32. The van der Waals surface area contributed by atoms with Crippen LogP contribution in [0.15, 0.2) is 18.2 Å². The number of hydrogen-bond acceptors (Lipinski definition) is 1. The molecule has 14 heavy (non-hydrogen) atoms. The van der Waals surface area contributed by atoms with Crippen molar-refractivity contribution >= 4 is 0 Å². The van der Waals surface area contributed by atoms with Gasteiger partial charge in [0.05, 0.1) is 0 Å². The maximum Gasteiger partial charge on any atom is 0.121 e. The van der Waals surface area contributed by atoms with Crippen molar-refractivity contribution in [1.29, 1.82) is 0 Å². The first kappa shape index (κ1) is 13.0. The Labute approximate surface area is 87.8 Å². The van der Waals surface area contributed by atoms with Gasteiger partial charge in [0.2, 0.25) is 0 Å². The fraction of sp³-hybridized carbons (Fsp3) is 0.538. The minimum atomic E-state index is 0.449. The number of phenolic OH excluding ortho intramolecular Hbond substituents is 1. The molecule has 1 nitrogen and oxygen atoms in total. The monoisotopic (exact) mass is 194 g/mol. The van der Waals surface area contributed by atoms with E-state index < -0.39 is 0 Å². The zero-order chi connectivity index (χ0) is 11.1. The Morgan fingerprint density at radius 1 is 1.29 bits per heavy atom. The first-order valence-electron chi connectivity index (χ1n) is 5.45. The van der Waals surface area contributed by atoms with Crippen molar-refractivity contribution in [3.8, 4) is 5.75 Å². The van der Waals surface area contributed by atoms with E-state index in [-0.39, 0.29) is 0 Å². The molecular weight excluding hydrogens is 172 g/mol. The van der Waals surface area contributed by atoms with Gasteiger partial charge in [-0.15, -0.1) is 0 Å². The van der Waals surface area contributed by atoms with Crippen LogP contribution in [-0.4, -0.2) is 5.11 Å². The summed E-state index contributed by atoms with van der Waals surface area (Å²) in [5.41, 5.74) is 2.03. The molecule has 0 amide bonds. The highest BCUT2D eigenvalue weighted by Gasteiger charge is 2.08. The Morgan fingerprint density at radius 3 is 2.36 bits per heavy atom. The molecule has 0 saturated carbocycles. The molecule has 1 aromatic carbocycles. The van der Waals surface area contributed by atoms with E-state index in [1.807, 2.05) is 39.0 Å². The largest absolute Gasteiger partial charge is 0.507 e. The molecule has 1 heteroatoms. The van der Waals surface area contributed by atoms with E-state index >= 15 is 0 Å². The van der Waals surface area contributed by atoms with Crippen molar-refractivity contribution in [2.75, 3.05) is 0 Å². The molecule has 1 unspecified atom stereocenters. The van der Waals surface area contributed by atoms with Crippen molar-refractivity contribution in [3.63, 3.8) is 0 Å². The summed E-state index contributed by atoms with van der Waals surface area (Å²) in [5, 5.41) is 9.70. The standard InChI is InChI=1S/C11H16O.C2H6/c1-4-8(2)10-7-5-6-9(3)11(10)12;1-2/h5-8,12H,4H2,1-3H3;1-2H3. The minimum Gasteiger partial charge on any atom is -0.507 e. The highest BCUT2D eigenvalue weighted by molar-refractivity contribution is 5.41. The Kier molecular flexibility index (Phi) is 6.02. The van der Waals surface area contributed by atoms with E-state index in [4.69, 9.17) is 0 Å². The summed E-state index contributed by atoms with van der Waals surface area (Å²) in [6.07, 6.45) is 1.07. The molecule has 80 valence electrons. The lowest BCUT2D eigenvalue weighted by molar-refractivity contribution is 0.458. The molecule has 0 saturated heterocycles. The summed E-state index contributed by atoms with van der Waals surface area (Å²) in [4.78, 5) is 0. The van der Waals surface area contributed by atoms with Crippen LogP contribution in [-0.2, 0) is 0 Å². The summed E-state index contributed by atoms with van der Waals surface area (Å²) in [6, 6.07) is 5.92. The smallest absolute Gasteiger partial charge is 0.121 e. The van der Waals surface area contributed by atoms with Crippen LogP contribution in [0.25, 0.3) is 0 Å². The lowest BCUT2D eigenvalue weighted by atomic mass is 9.96. The third-order valence-electron chi connectivity index (χ3n) is 2.41. The lowest BCUT2D eigenvalue weighted by Crippen LogP contribution is -1.92. The van der Waals surface area contributed by atoms with Gasteiger partial charge in [-0.2, -0.15) is 0 Å². The Bertz CT molecular complexity index is 266. The van der Waals surface area contributed by atoms with Gasteiger partial charge >= 0.3 is 0 Å². The van der Waals surface area contributed by atoms with Gasteiger partial charge in [-0.3, -0.25) is 0 Å². The van der Waals surface area contributed by atoms with Crippen molar-refractivity contribution in [2.24, 2.45) is 0 Å². The highest BCUT2D eigenvalue weighted by atomic mass is 16.3. The number of rotatable bonds is 2. The number of aromatic hydroxyl groups is 1. The minimum absolute atomic E-state index is 0.449. The molecule has 0 aliphatic carbocycles. The van der Waals surface area contributed by atoms with Gasteiger partial charge < -0.3 is 5.11 Å². The number of benzene rings is 1. The molecule has 0 bridgehead atoms. The summed E-state index contributed by atoms with van der Waals surface area (Å²) in [5.74, 6) is 0.914. The van der Waals surface area contributed by atoms with Crippen LogP contribution in [0.4, 0.5) is 0 Å². The summed E-state index contributed by atoms with van der Waals surface area (Å²) >= 11 is 0. The van der Waals surface area contributed by atoms with Crippen LogP contribution in [0.3, 0.4) is 0 Å². The number of aryl methyl sites for hydroxylation is 1. The van der Waals surface area contributed by atoms with E-state index in [1.54, 1.807) is 0 Å². The van der Waals surface area contributed by atoms with Crippen LogP contribution in [0.5, 0.6) is 5.75 Å². The molecule has 0 radical (unpaired) electrons. The molecule has 1 aromatic rings. The third-order valence-corrected chi connectivity index (χ3v) is 2.41. The molecule has 1 N–H and O–H groups in total. The van der Waals surface area contributed by atoms with E-state index in [9.17, 15) is 5.11 Å². The van der Waals surface area contributed by atoms with Crippen molar-refractivity contribution < 1.29 is 5.11 Å². The summed E-state index contributed by atoms with van der Waals surface area (Å²) in [6.45, 7) is 10.2. The predicted octanol–water partition coefficient (Wildman–Crippen LogP) is 4.24. The molecule has 0 aliphatic rings. The van der Waals surface area contributed by atoms with Crippen LogP contribution in [0.2, 0.25) is 0 Å². The van der Waals surface area contributed by atoms with Gasteiger partial charge in [0.1, 0.15) is 5.75 Å². The number of hydrogen-bond donors (Lipinski definition) is 1. The SMILES string of the molecule is CC.CCC(C)c1cccc(C)c1O. The molecule has 0 aromatic heterocycles. The predicted molar refractivity (Wildman–Crippen MR) is 62.9 cm³/mol. The highest BCUT2D eigenvalue weighted by Crippen LogP contribution is 2.29. The Balaban J connectivity index is 0.000000791. The van der Waals surface area contributed by atoms with E-state index in [1.165, 1.54) is 0 Å². The third kappa shape index (κ3) is 3.06. The first-order chi connectivity index (χ1) is 6.66. The fourth-order valence-corrected chi connectivity index (χ4v) is 1.30. The fourth-order valence-electron chi connectivity index (χ4n) is 1.30. The van der Waals surface area contributed by atoms with Crippen LogP contribution < -0.4 is 0 Å². The summed E-state index contributed by atoms with van der Waals surface area (Å²) < 4.78 is 0. The molecule has 0 heterocycles. The second-order valence-corrected chi connectivity index (χ2v) is 3.32. The zero-order valence-corrected chi connectivity index (χ0v) is 9.96. The maximum atomic E-state index is 9.70. The van der Waals surface area contributed by atoms with Gasteiger partial charge in [-0.1, -0.05) is 45.9 Å². The van der Waals surface area contributed by atoms with Crippen molar-refractivity contribution in [2.45, 2.75) is 47.0 Å². The average Bonchev–Trinajstić information content (AvgIpc) is 2.24. The molecular formula is C13H22O. The number of para-hydroxylation sites is 1. The van der Waals surface area contributed by atoms with E-state index in [0.717, 1.165) is 17.5 Å². The van der Waals surface area contributed by atoms with Crippen molar-refractivity contribution in [3.05, 3.63) is 29.3 Å². The first-order valence-corrected chi connectivity index (χ1v) is 5.45. The van der Waals surface area contributed by atoms with E-state index in [2.05, 4.69) is 13.8 Å². The van der Waals surface area contributed by atoms with Crippen LogP contribution >= 0.6 is 0 Å². The molecule has 0 fully saturated rings. The van der Waals surface area contributed by atoms with Crippen LogP contribution in [0.1, 0.15) is 51.2 Å². The number of phenols is 1. The second kappa shape index (κ2) is 6.47. The lowest BCUT2D eigenvalue weighted by Gasteiger charge is -2.12. The topological polar surface area (TPSA) is 20.2 Å². The van der Waals surface area contributed by atoms with Crippen LogP contribution in [0, 0.1) is 6.92 Å². The zero-order valence-electron chi connectivity index (χ0n) is 9.96. The Morgan fingerprint density at radius 2 is 1.86 bits per heavy atom. The van der Waals surface area contributed by atoms with Gasteiger partial charge in [0.25, 0.3) is 0 Å². The average molecular weight is 194 g/mol. The van der Waals surface area contributed by atoms with Gasteiger partial charge in [-0.05, 0) is 30.4 Å². The molecule has 0 aliphatic heterocycles. The normalized spacial score (nSPS) is 11.5. The van der Waals surface area contributed by atoms with Gasteiger partial charge in [0, 0.05) is 0 Å². The Hall–Kier alpha value is -0.980. The molecule has 1 rings (SSSR count). The molecule has 1 atom stereocenters. The van der Waals surface area contributed by atoms with Gasteiger partial charge in [0.15, 0.2) is 0 Å². The molecule has 0 spiro atoms. The quantitative estimate of drug-likeness (QED) is 0.746. The summed E-state index contributed by atoms with van der Waals surface area (Å²) in [7, 11) is 0.